The minimum atomic E-state index is -1.44. The molecule has 0 aromatic carbocycles. The third kappa shape index (κ3) is 6.02. The van der Waals surface area contributed by atoms with Crippen LogP contribution in [0, 0.1) is 0 Å². The van der Waals surface area contributed by atoms with Crippen molar-refractivity contribution >= 4 is 45.2 Å². The highest BCUT2D eigenvalue weighted by molar-refractivity contribution is 9.11. The molecule has 0 saturated heterocycles. The number of urea groups is 1. The number of carbonyl (C=O) groups excluding carboxylic acids is 1. The molecule has 20 heavy (non-hydrogen) atoms. The fraction of sp³-hybridized carbons (Fsp3) is 0.364. The molecule has 0 fully saturated rings. The van der Waals surface area contributed by atoms with E-state index in [0.29, 0.717) is 13.0 Å². The highest BCUT2D eigenvalue weighted by Gasteiger charge is 2.22. The van der Waals surface area contributed by atoms with Crippen LogP contribution in [0.1, 0.15) is 11.3 Å². The van der Waals surface area contributed by atoms with Crippen LogP contribution in [0.5, 0.6) is 0 Å². The zero-order chi connectivity index (χ0) is 15.1. The van der Waals surface area contributed by atoms with Crippen LogP contribution in [0.25, 0.3) is 0 Å². The Kier molecular flexibility index (Phi) is 6.46. The van der Waals surface area contributed by atoms with Crippen LogP contribution in [-0.4, -0.2) is 40.8 Å². The molecule has 1 heterocycles. The number of halogens is 1. The van der Waals surface area contributed by atoms with Crippen molar-refractivity contribution in [2.75, 3.05) is 6.54 Å². The molecule has 0 saturated carbocycles. The Morgan fingerprint density at radius 1 is 1.30 bits per heavy atom. The lowest BCUT2D eigenvalue weighted by Gasteiger charge is -2.13. The molecule has 0 unspecified atom stereocenters. The Morgan fingerprint density at radius 3 is 2.50 bits per heavy atom. The quantitative estimate of drug-likeness (QED) is 0.581. The molecule has 0 aliphatic carbocycles. The number of amides is 2. The fourth-order valence-electron chi connectivity index (χ4n) is 1.37. The van der Waals surface area contributed by atoms with E-state index in [2.05, 4.69) is 26.6 Å². The topological polar surface area (TPSA) is 116 Å². The van der Waals surface area contributed by atoms with Crippen molar-refractivity contribution in [3.8, 4) is 0 Å². The Morgan fingerprint density at radius 2 is 2.00 bits per heavy atom. The maximum absolute atomic E-state index is 11.5. The number of carboxylic acid groups (broad SMARTS) is 2. The average Bonchev–Trinajstić information content (AvgIpc) is 2.73. The maximum atomic E-state index is 11.5. The van der Waals surface area contributed by atoms with Crippen LogP contribution in [0.3, 0.4) is 0 Å². The van der Waals surface area contributed by atoms with E-state index >= 15 is 0 Å². The van der Waals surface area contributed by atoms with Crippen molar-refractivity contribution in [2.45, 2.75) is 18.9 Å². The van der Waals surface area contributed by atoms with E-state index < -0.39 is 30.4 Å². The summed E-state index contributed by atoms with van der Waals surface area (Å²) in [6, 6.07) is 1.67. The number of nitrogens with one attached hydrogen (secondary N) is 2. The van der Waals surface area contributed by atoms with E-state index in [-0.39, 0.29) is 0 Å². The summed E-state index contributed by atoms with van der Waals surface area (Å²) in [5.74, 6) is -2.68. The molecular weight excluding hydrogens is 352 g/mol. The number of hydrogen-bond acceptors (Lipinski definition) is 4. The van der Waals surface area contributed by atoms with Gasteiger partial charge in [0.05, 0.1) is 10.2 Å². The second-order valence-corrected chi connectivity index (χ2v) is 6.39. The molecule has 4 N–H and O–H groups in total. The Hall–Kier alpha value is -1.61. The van der Waals surface area contributed by atoms with Crippen molar-refractivity contribution in [3.63, 3.8) is 0 Å². The summed E-state index contributed by atoms with van der Waals surface area (Å²) >= 11 is 4.86. The number of hydrogen-bond donors (Lipinski definition) is 4. The van der Waals surface area contributed by atoms with Gasteiger partial charge in [0.15, 0.2) is 0 Å². The largest absolute Gasteiger partial charge is 0.481 e. The smallest absolute Gasteiger partial charge is 0.326 e. The van der Waals surface area contributed by atoms with Gasteiger partial charge in [-0.05, 0) is 34.5 Å². The Labute approximate surface area is 127 Å². The lowest BCUT2D eigenvalue weighted by Crippen LogP contribution is -2.47. The van der Waals surface area contributed by atoms with Gasteiger partial charge in [-0.1, -0.05) is 0 Å². The minimum absolute atomic E-state index is 0.332. The molecule has 1 aromatic rings. The van der Waals surface area contributed by atoms with Gasteiger partial charge in [0, 0.05) is 11.4 Å². The number of thiophene rings is 1. The third-order valence-corrected chi connectivity index (χ3v) is 3.95. The van der Waals surface area contributed by atoms with Gasteiger partial charge in [-0.15, -0.1) is 11.3 Å². The predicted octanol–water partition coefficient (Wildman–Crippen LogP) is 1.28. The van der Waals surface area contributed by atoms with Crippen LogP contribution in [0.4, 0.5) is 4.79 Å². The van der Waals surface area contributed by atoms with E-state index in [1.54, 1.807) is 0 Å². The lowest BCUT2D eigenvalue weighted by atomic mass is 10.2. The first-order valence-electron chi connectivity index (χ1n) is 5.61. The summed E-state index contributed by atoms with van der Waals surface area (Å²) in [6.45, 7) is 0.332. The number of aliphatic carboxylic acids is 2. The van der Waals surface area contributed by atoms with Crippen molar-refractivity contribution in [3.05, 3.63) is 20.8 Å². The van der Waals surface area contributed by atoms with Crippen LogP contribution >= 0.6 is 27.3 Å². The standard InChI is InChI=1S/C11H13BrN2O5S/c12-8-2-1-6(20-8)3-4-13-11(19)14-7(10(17)18)5-9(15)16/h1-2,7H,3-5H2,(H,15,16)(H,17,18)(H2,13,14,19)/t7-/m0/s1. The number of rotatable bonds is 7. The van der Waals surface area contributed by atoms with Gasteiger partial charge in [0.2, 0.25) is 0 Å². The Balaban J connectivity index is 2.34. The van der Waals surface area contributed by atoms with Crippen molar-refractivity contribution in [2.24, 2.45) is 0 Å². The maximum Gasteiger partial charge on any atom is 0.326 e. The molecule has 9 heteroatoms. The van der Waals surface area contributed by atoms with E-state index in [1.165, 1.54) is 11.3 Å². The van der Waals surface area contributed by atoms with E-state index in [0.717, 1.165) is 8.66 Å². The second-order valence-electron chi connectivity index (χ2n) is 3.84. The summed E-state index contributed by atoms with van der Waals surface area (Å²) in [6.07, 6.45) is -0.0546. The highest BCUT2D eigenvalue weighted by Crippen LogP contribution is 2.21. The first-order valence-corrected chi connectivity index (χ1v) is 7.22. The molecule has 7 nitrogen and oxygen atoms in total. The number of carboxylic acids is 2. The highest BCUT2D eigenvalue weighted by atomic mass is 79.9. The molecular formula is C11H13BrN2O5S. The lowest BCUT2D eigenvalue weighted by molar-refractivity contribution is -0.145. The van der Waals surface area contributed by atoms with E-state index in [4.69, 9.17) is 10.2 Å². The SMILES string of the molecule is O=C(O)C[C@H](NC(=O)NCCc1ccc(Br)s1)C(=O)O. The molecule has 0 spiro atoms. The zero-order valence-electron chi connectivity index (χ0n) is 10.3. The van der Waals surface area contributed by atoms with Crippen molar-refractivity contribution in [1.29, 1.82) is 0 Å². The van der Waals surface area contributed by atoms with E-state index in [1.807, 2.05) is 12.1 Å². The normalized spacial score (nSPS) is 11.7. The molecule has 0 aliphatic rings. The van der Waals surface area contributed by atoms with Crippen molar-refractivity contribution in [1.82, 2.24) is 10.6 Å². The van der Waals surface area contributed by atoms with Gasteiger partial charge in [0.25, 0.3) is 0 Å². The monoisotopic (exact) mass is 364 g/mol. The molecule has 1 rings (SSSR count). The van der Waals surface area contributed by atoms with Gasteiger partial charge < -0.3 is 20.8 Å². The molecule has 1 atom stereocenters. The second kappa shape index (κ2) is 7.85. The molecule has 0 bridgehead atoms. The van der Waals surface area contributed by atoms with Gasteiger partial charge in [-0.3, -0.25) is 4.79 Å². The summed E-state index contributed by atoms with van der Waals surface area (Å²) in [5, 5.41) is 21.9. The molecule has 1 aromatic heterocycles. The minimum Gasteiger partial charge on any atom is -0.481 e. The molecule has 0 radical (unpaired) electrons. The van der Waals surface area contributed by atoms with Crippen molar-refractivity contribution < 1.29 is 24.6 Å². The van der Waals surface area contributed by atoms with Crippen LogP contribution in [0.15, 0.2) is 15.9 Å². The summed E-state index contributed by atoms with van der Waals surface area (Å²) in [7, 11) is 0. The van der Waals surface area contributed by atoms with Crippen LogP contribution < -0.4 is 10.6 Å². The summed E-state index contributed by atoms with van der Waals surface area (Å²) in [5.41, 5.74) is 0. The first kappa shape index (κ1) is 16.4. The third-order valence-electron chi connectivity index (χ3n) is 2.27. The average molecular weight is 365 g/mol. The Bertz CT molecular complexity index is 505. The van der Waals surface area contributed by atoms with Crippen LogP contribution in [0.2, 0.25) is 0 Å². The molecule has 2 amide bonds. The predicted molar refractivity (Wildman–Crippen MR) is 75.9 cm³/mol. The molecule has 110 valence electrons. The van der Waals surface area contributed by atoms with E-state index in [9.17, 15) is 14.4 Å². The van der Waals surface area contributed by atoms with Gasteiger partial charge >= 0.3 is 18.0 Å². The summed E-state index contributed by atoms with van der Waals surface area (Å²) in [4.78, 5) is 33.7. The molecule has 0 aliphatic heterocycles. The summed E-state index contributed by atoms with van der Waals surface area (Å²) < 4.78 is 0.990. The van der Waals surface area contributed by atoms with Gasteiger partial charge in [0.1, 0.15) is 6.04 Å². The van der Waals surface area contributed by atoms with Gasteiger partial charge in [-0.25, -0.2) is 9.59 Å². The van der Waals surface area contributed by atoms with Gasteiger partial charge in [-0.2, -0.15) is 0 Å². The van der Waals surface area contributed by atoms with Crippen LogP contribution in [-0.2, 0) is 16.0 Å². The fourth-order valence-corrected chi connectivity index (χ4v) is 2.85. The zero-order valence-corrected chi connectivity index (χ0v) is 12.7. The number of carbonyl (C=O) groups is 3. The first-order chi connectivity index (χ1) is 9.38.